The first kappa shape index (κ1) is 15.5. The minimum Gasteiger partial charge on any atom is -0.368 e. The van der Waals surface area contributed by atoms with Gasteiger partial charge in [0.15, 0.2) is 5.69 Å². The third kappa shape index (κ3) is 5.28. The number of nitrogen functional groups attached to an aromatic ring is 1. The Morgan fingerprint density at radius 1 is 1.42 bits per heavy atom. The van der Waals surface area contributed by atoms with Crippen molar-refractivity contribution in [2.45, 2.75) is 19.1 Å². The van der Waals surface area contributed by atoms with Gasteiger partial charge in [-0.3, -0.25) is 0 Å². The van der Waals surface area contributed by atoms with Crippen LogP contribution in [0.3, 0.4) is 0 Å². The topological polar surface area (TPSA) is 98.0 Å². The number of rotatable bonds is 4. The van der Waals surface area contributed by atoms with Crippen LogP contribution >= 0.6 is 0 Å². The molecule has 108 valence electrons. The number of sulfone groups is 1. The van der Waals surface area contributed by atoms with E-state index >= 15 is 0 Å². The van der Waals surface area contributed by atoms with Crippen molar-refractivity contribution in [2.24, 2.45) is 0 Å². The average Bonchev–Trinajstić information content (AvgIpc) is 2.11. The number of nitrogens with one attached hydrogen (secondary N) is 1. The lowest BCUT2D eigenvalue weighted by atomic mass is 10.3. The molecule has 0 aromatic carbocycles. The van der Waals surface area contributed by atoms with Crippen LogP contribution in [-0.4, -0.2) is 36.4 Å². The van der Waals surface area contributed by atoms with Crippen LogP contribution in [-0.2, 0) is 16.0 Å². The smallest absolute Gasteiger partial charge is 0.368 e. The fraction of sp³-hybridized carbons (Fsp3) is 0.556. The summed E-state index contributed by atoms with van der Waals surface area (Å²) in [6.45, 7) is 1.51. The Balaban J connectivity index is 2.93. The van der Waals surface area contributed by atoms with Gasteiger partial charge in [0.05, 0.1) is 5.75 Å². The van der Waals surface area contributed by atoms with E-state index in [0.717, 1.165) is 6.26 Å². The molecule has 0 aliphatic carbocycles. The van der Waals surface area contributed by atoms with Gasteiger partial charge in [-0.05, 0) is 6.92 Å². The summed E-state index contributed by atoms with van der Waals surface area (Å²) in [6.07, 6.45) is -3.62. The molecule has 19 heavy (non-hydrogen) atoms. The lowest BCUT2D eigenvalue weighted by molar-refractivity contribution is -0.141. The second kappa shape index (κ2) is 5.19. The van der Waals surface area contributed by atoms with Gasteiger partial charge in [-0.1, -0.05) is 0 Å². The average molecular weight is 298 g/mol. The van der Waals surface area contributed by atoms with Crippen LogP contribution in [0.15, 0.2) is 6.07 Å². The Kier molecular flexibility index (Phi) is 4.23. The van der Waals surface area contributed by atoms with Crippen LogP contribution in [0, 0.1) is 0 Å². The van der Waals surface area contributed by atoms with E-state index in [1.807, 2.05) is 0 Å². The zero-order valence-corrected chi connectivity index (χ0v) is 11.0. The number of hydrogen-bond acceptors (Lipinski definition) is 6. The molecule has 0 radical (unpaired) electrons. The quantitative estimate of drug-likeness (QED) is 0.858. The highest BCUT2D eigenvalue weighted by atomic mass is 32.2. The van der Waals surface area contributed by atoms with E-state index in [1.54, 1.807) is 0 Å². The molecular formula is C9H13F3N4O2S. The molecule has 0 saturated carbocycles. The van der Waals surface area contributed by atoms with Crippen molar-refractivity contribution in [3.05, 3.63) is 11.8 Å². The van der Waals surface area contributed by atoms with Crippen molar-refractivity contribution in [3.63, 3.8) is 0 Å². The largest absolute Gasteiger partial charge is 0.433 e. The predicted octanol–water partition coefficient (Wildman–Crippen LogP) is 0.923. The van der Waals surface area contributed by atoms with Crippen molar-refractivity contribution in [1.29, 1.82) is 0 Å². The zero-order valence-electron chi connectivity index (χ0n) is 10.2. The molecule has 0 saturated heterocycles. The van der Waals surface area contributed by atoms with Gasteiger partial charge >= 0.3 is 6.18 Å². The number of alkyl halides is 3. The first-order valence-corrected chi connectivity index (χ1v) is 7.19. The van der Waals surface area contributed by atoms with Crippen LogP contribution in [0.25, 0.3) is 0 Å². The molecule has 0 aliphatic heterocycles. The summed E-state index contributed by atoms with van der Waals surface area (Å²) in [5, 5.41) is 2.54. The van der Waals surface area contributed by atoms with Gasteiger partial charge in [-0.25, -0.2) is 13.4 Å². The number of nitrogens with two attached hydrogens (primary N) is 1. The fourth-order valence-electron chi connectivity index (χ4n) is 1.43. The van der Waals surface area contributed by atoms with E-state index in [4.69, 9.17) is 5.73 Å². The van der Waals surface area contributed by atoms with Gasteiger partial charge in [0, 0.05) is 18.4 Å². The molecule has 1 atom stereocenters. The van der Waals surface area contributed by atoms with E-state index in [-0.39, 0.29) is 11.6 Å². The molecule has 6 nitrogen and oxygen atoms in total. The summed E-state index contributed by atoms with van der Waals surface area (Å²) in [7, 11) is -3.25. The zero-order chi connectivity index (χ0) is 14.8. The molecule has 3 N–H and O–H groups in total. The van der Waals surface area contributed by atoms with E-state index in [9.17, 15) is 21.6 Å². The Morgan fingerprint density at radius 3 is 2.47 bits per heavy atom. The Bertz CT molecular complexity index is 559. The van der Waals surface area contributed by atoms with Gasteiger partial charge in [-0.15, -0.1) is 0 Å². The number of halogens is 3. The van der Waals surface area contributed by atoms with E-state index < -0.39 is 33.7 Å². The fourth-order valence-corrected chi connectivity index (χ4v) is 2.42. The number of nitrogens with zero attached hydrogens (tertiary/aromatic N) is 2. The molecular weight excluding hydrogens is 285 g/mol. The molecule has 0 spiro atoms. The maximum atomic E-state index is 12.5. The number of aromatic nitrogens is 2. The van der Waals surface area contributed by atoms with Gasteiger partial charge in [-0.2, -0.15) is 18.2 Å². The molecule has 1 aromatic rings. The third-order valence-corrected chi connectivity index (χ3v) is 3.09. The highest BCUT2D eigenvalue weighted by Crippen LogP contribution is 2.29. The molecule has 1 rings (SSSR count). The van der Waals surface area contributed by atoms with E-state index in [2.05, 4.69) is 15.3 Å². The van der Waals surface area contributed by atoms with Crippen LogP contribution in [0.4, 0.5) is 24.9 Å². The van der Waals surface area contributed by atoms with Crippen LogP contribution in [0.2, 0.25) is 0 Å². The predicted molar refractivity (Wildman–Crippen MR) is 64.2 cm³/mol. The highest BCUT2D eigenvalue weighted by molar-refractivity contribution is 7.90. The van der Waals surface area contributed by atoms with Crippen molar-refractivity contribution < 1.29 is 21.6 Å². The number of hydrogen-bond donors (Lipinski definition) is 2. The van der Waals surface area contributed by atoms with Crippen LogP contribution in [0.1, 0.15) is 12.6 Å². The lowest BCUT2D eigenvalue weighted by Gasteiger charge is -2.15. The monoisotopic (exact) mass is 298 g/mol. The second-order valence-corrected chi connectivity index (χ2v) is 6.32. The maximum absolute atomic E-state index is 12.5. The summed E-state index contributed by atoms with van der Waals surface area (Å²) in [6, 6.07) is 0.0696. The lowest BCUT2D eigenvalue weighted by Crippen LogP contribution is -2.26. The van der Waals surface area contributed by atoms with Gasteiger partial charge < -0.3 is 11.1 Å². The van der Waals surface area contributed by atoms with Crippen molar-refractivity contribution in [1.82, 2.24) is 9.97 Å². The van der Waals surface area contributed by atoms with Gasteiger partial charge in [0.1, 0.15) is 15.7 Å². The van der Waals surface area contributed by atoms with Crippen molar-refractivity contribution >= 4 is 21.6 Å². The van der Waals surface area contributed by atoms with Crippen LogP contribution in [0.5, 0.6) is 0 Å². The van der Waals surface area contributed by atoms with Crippen molar-refractivity contribution in [2.75, 3.05) is 23.1 Å². The van der Waals surface area contributed by atoms with E-state index in [1.165, 1.54) is 6.92 Å². The second-order valence-electron chi connectivity index (χ2n) is 4.13. The molecule has 1 heterocycles. The Labute approximate surface area is 108 Å². The van der Waals surface area contributed by atoms with E-state index in [0.29, 0.717) is 6.07 Å². The standard InChI is InChI=1S/C9H13F3N4O2S/c1-5(4-19(2,17)18)14-7-3-6(9(10,11)12)15-8(13)16-7/h3,5H,4H2,1-2H3,(H3,13,14,15,16). The molecule has 1 aromatic heterocycles. The summed E-state index contributed by atoms with van der Waals surface area (Å²) < 4.78 is 59.6. The van der Waals surface area contributed by atoms with Gasteiger partial charge in [0.2, 0.25) is 5.95 Å². The Morgan fingerprint density at radius 2 is 2.00 bits per heavy atom. The third-order valence-electron chi connectivity index (χ3n) is 1.98. The summed E-state index contributed by atoms with van der Waals surface area (Å²) >= 11 is 0. The molecule has 0 amide bonds. The first-order valence-electron chi connectivity index (χ1n) is 5.13. The number of anilines is 2. The highest BCUT2D eigenvalue weighted by Gasteiger charge is 2.33. The van der Waals surface area contributed by atoms with Crippen molar-refractivity contribution in [3.8, 4) is 0 Å². The van der Waals surface area contributed by atoms with Gasteiger partial charge in [0.25, 0.3) is 0 Å². The molecule has 0 bridgehead atoms. The molecule has 10 heteroatoms. The first-order chi connectivity index (χ1) is 8.47. The summed E-state index contributed by atoms with van der Waals surface area (Å²) in [5.74, 6) is -0.946. The maximum Gasteiger partial charge on any atom is 0.433 e. The Hall–Kier alpha value is -1.58. The summed E-state index contributed by atoms with van der Waals surface area (Å²) in [4.78, 5) is 6.65. The molecule has 0 fully saturated rings. The van der Waals surface area contributed by atoms with Crippen LogP contribution < -0.4 is 11.1 Å². The normalized spacial score (nSPS) is 14.2. The molecule has 0 aliphatic rings. The molecule has 1 unspecified atom stereocenters. The minimum absolute atomic E-state index is 0.170. The summed E-state index contributed by atoms with van der Waals surface area (Å²) in [5.41, 5.74) is 3.99. The SMILES string of the molecule is CC(CS(C)(=O)=O)Nc1cc(C(F)(F)F)nc(N)n1. The minimum atomic E-state index is -4.65.